The summed E-state index contributed by atoms with van der Waals surface area (Å²) in [7, 11) is 0. The number of aliphatic hydroxyl groups excluding tert-OH is 1. The van der Waals surface area contributed by atoms with E-state index in [-0.39, 0.29) is 12.5 Å². The third-order valence-corrected chi connectivity index (χ3v) is 7.88. The number of aryl methyl sites for hydroxylation is 1. The van der Waals surface area contributed by atoms with Crippen molar-refractivity contribution in [1.29, 1.82) is 0 Å². The van der Waals surface area contributed by atoms with Crippen molar-refractivity contribution in [3.8, 4) is 0 Å². The average Bonchev–Trinajstić information content (AvgIpc) is 3.64. The van der Waals surface area contributed by atoms with Gasteiger partial charge in [0.1, 0.15) is 11.6 Å². The molecule has 194 valence electrons. The number of hydrogen-bond donors (Lipinski definition) is 3. The van der Waals surface area contributed by atoms with Crippen molar-refractivity contribution < 1.29 is 14.6 Å². The molecule has 1 amide bonds. The molecule has 1 aromatic heterocycles. The standard InChI is InChI=1S/C28H39N5O3/c1-20-4-5-21(18-23(20)32-14-16-36-17-15-32)29-26(35)22-6-7-24(31-27(2,3)19-34)30-25(22)33-12-10-28(8-9-28)11-13-33/h4-7,18,34H,8-17,19H2,1-3H3,(H,29,35)(H,30,31). The van der Waals surface area contributed by atoms with Crippen LogP contribution in [0.2, 0.25) is 0 Å². The molecule has 3 N–H and O–H groups in total. The van der Waals surface area contributed by atoms with Crippen molar-refractivity contribution in [2.75, 3.05) is 66.4 Å². The van der Waals surface area contributed by atoms with E-state index in [4.69, 9.17) is 9.72 Å². The second kappa shape index (κ2) is 9.90. The summed E-state index contributed by atoms with van der Waals surface area (Å²) in [4.78, 5) is 23.0. The van der Waals surface area contributed by atoms with Gasteiger partial charge in [-0.3, -0.25) is 4.79 Å². The average molecular weight is 494 g/mol. The molecule has 5 rings (SSSR count). The predicted molar refractivity (Wildman–Crippen MR) is 144 cm³/mol. The Morgan fingerprint density at radius 1 is 1.06 bits per heavy atom. The van der Waals surface area contributed by atoms with E-state index in [2.05, 4.69) is 39.5 Å². The van der Waals surface area contributed by atoms with Gasteiger partial charge in [-0.2, -0.15) is 0 Å². The minimum Gasteiger partial charge on any atom is -0.394 e. The number of carbonyl (C=O) groups excluding carboxylic acids is 1. The maximum atomic E-state index is 13.6. The number of pyridine rings is 1. The fourth-order valence-corrected chi connectivity index (χ4v) is 5.22. The molecule has 2 aromatic rings. The highest BCUT2D eigenvalue weighted by Crippen LogP contribution is 2.54. The summed E-state index contributed by atoms with van der Waals surface area (Å²) in [5.74, 6) is 1.22. The number of ether oxygens (including phenoxy) is 1. The number of benzene rings is 1. The van der Waals surface area contributed by atoms with E-state index >= 15 is 0 Å². The van der Waals surface area contributed by atoms with Crippen molar-refractivity contribution >= 4 is 28.9 Å². The first-order valence-electron chi connectivity index (χ1n) is 13.2. The van der Waals surface area contributed by atoms with Gasteiger partial charge >= 0.3 is 0 Å². The smallest absolute Gasteiger partial charge is 0.259 e. The highest BCUT2D eigenvalue weighted by molar-refractivity contribution is 6.08. The molecule has 1 aromatic carbocycles. The van der Waals surface area contributed by atoms with Crippen LogP contribution < -0.4 is 20.4 Å². The highest BCUT2D eigenvalue weighted by Gasteiger charge is 2.45. The Morgan fingerprint density at radius 3 is 2.44 bits per heavy atom. The number of anilines is 4. The summed E-state index contributed by atoms with van der Waals surface area (Å²) < 4.78 is 5.51. The lowest BCUT2D eigenvalue weighted by Crippen LogP contribution is -2.38. The van der Waals surface area contributed by atoms with Gasteiger partial charge in [-0.1, -0.05) is 6.07 Å². The minimum absolute atomic E-state index is 0.0165. The van der Waals surface area contributed by atoms with Gasteiger partial charge in [0.05, 0.1) is 30.9 Å². The van der Waals surface area contributed by atoms with E-state index in [0.717, 1.165) is 63.6 Å². The predicted octanol–water partition coefficient (Wildman–Crippen LogP) is 4.04. The number of nitrogens with one attached hydrogen (secondary N) is 2. The van der Waals surface area contributed by atoms with Crippen LogP contribution >= 0.6 is 0 Å². The molecule has 0 radical (unpaired) electrons. The zero-order chi connectivity index (χ0) is 25.3. The number of hydrogen-bond acceptors (Lipinski definition) is 7. The third-order valence-electron chi connectivity index (χ3n) is 7.88. The van der Waals surface area contributed by atoms with Gasteiger partial charge < -0.3 is 30.3 Å². The molecule has 1 spiro atoms. The van der Waals surface area contributed by atoms with Crippen LogP contribution in [0.3, 0.4) is 0 Å². The second-order valence-corrected chi connectivity index (χ2v) is 11.3. The van der Waals surface area contributed by atoms with E-state index in [1.165, 1.54) is 18.4 Å². The Kier molecular flexibility index (Phi) is 6.83. The molecule has 3 aliphatic rings. The zero-order valence-electron chi connectivity index (χ0n) is 21.8. The number of carbonyl (C=O) groups is 1. The van der Waals surface area contributed by atoms with Crippen molar-refractivity contribution in [2.45, 2.75) is 52.0 Å². The van der Waals surface area contributed by atoms with Crippen LogP contribution in [0.25, 0.3) is 0 Å². The monoisotopic (exact) mass is 493 g/mol. The molecule has 0 bridgehead atoms. The van der Waals surface area contributed by atoms with E-state index in [9.17, 15) is 9.90 Å². The lowest BCUT2D eigenvalue weighted by Gasteiger charge is -2.34. The Balaban J connectivity index is 1.39. The minimum atomic E-state index is -0.508. The summed E-state index contributed by atoms with van der Waals surface area (Å²) in [6, 6.07) is 9.76. The first kappa shape index (κ1) is 24.8. The SMILES string of the molecule is Cc1ccc(NC(=O)c2ccc(NC(C)(C)CO)nc2N2CCC3(CC2)CC3)cc1N1CCOCC1. The second-order valence-electron chi connectivity index (χ2n) is 11.3. The van der Waals surface area contributed by atoms with Crippen LogP contribution in [-0.4, -0.2) is 67.5 Å². The van der Waals surface area contributed by atoms with Gasteiger partial charge in [0, 0.05) is 37.6 Å². The van der Waals surface area contributed by atoms with Crippen LogP contribution in [0, 0.1) is 12.3 Å². The molecule has 1 saturated carbocycles. The molecule has 2 aliphatic heterocycles. The number of piperidine rings is 1. The van der Waals surface area contributed by atoms with Crippen molar-refractivity contribution in [3.05, 3.63) is 41.5 Å². The number of amides is 1. The summed E-state index contributed by atoms with van der Waals surface area (Å²) in [5.41, 5.74) is 3.68. The van der Waals surface area contributed by atoms with Crippen LogP contribution in [0.1, 0.15) is 55.5 Å². The normalized spacial score (nSPS) is 19.3. The van der Waals surface area contributed by atoms with Crippen LogP contribution in [0.5, 0.6) is 0 Å². The molecular weight excluding hydrogens is 454 g/mol. The number of aromatic nitrogens is 1. The fourth-order valence-electron chi connectivity index (χ4n) is 5.22. The first-order valence-corrected chi connectivity index (χ1v) is 13.2. The maximum absolute atomic E-state index is 13.6. The van der Waals surface area contributed by atoms with Crippen LogP contribution in [0.4, 0.5) is 23.0 Å². The summed E-state index contributed by atoms with van der Waals surface area (Å²) >= 11 is 0. The molecule has 3 heterocycles. The maximum Gasteiger partial charge on any atom is 0.259 e. The van der Waals surface area contributed by atoms with Gasteiger partial charge in [-0.05, 0) is 81.7 Å². The number of rotatable bonds is 7. The topological polar surface area (TPSA) is 90.0 Å². The molecule has 8 heteroatoms. The molecule has 3 fully saturated rings. The van der Waals surface area contributed by atoms with Gasteiger partial charge in [-0.15, -0.1) is 0 Å². The Morgan fingerprint density at radius 2 is 1.78 bits per heavy atom. The summed E-state index contributed by atoms with van der Waals surface area (Å²) in [6.45, 7) is 10.9. The molecule has 36 heavy (non-hydrogen) atoms. The van der Waals surface area contributed by atoms with Crippen LogP contribution in [0.15, 0.2) is 30.3 Å². The van der Waals surface area contributed by atoms with Gasteiger partial charge in [0.25, 0.3) is 5.91 Å². The Labute approximate surface area is 214 Å². The Hall–Kier alpha value is -2.84. The molecule has 8 nitrogen and oxygen atoms in total. The van der Waals surface area contributed by atoms with Crippen molar-refractivity contribution in [1.82, 2.24) is 4.98 Å². The summed E-state index contributed by atoms with van der Waals surface area (Å²) in [5, 5.41) is 16.1. The zero-order valence-corrected chi connectivity index (χ0v) is 21.8. The Bertz CT molecular complexity index is 1100. The van der Waals surface area contributed by atoms with E-state index in [1.54, 1.807) is 0 Å². The molecular formula is C28H39N5O3. The largest absolute Gasteiger partial charge is 0.394 e. The molecule has 0 atom stereocenters. The lowest BCUT2D eigenvalue weighted by atomic mass is 9.93. The van der Waals surface area contributed by atoms with Crippen molar-refractivity contribution in [2.24, 2.45) is 5.41 Å². The first-order chi connectivity index (χ1) is 17.3. The molecule has 0 unspecified atom stereocenters. The van der Waals surface area contributed by atoms with Crippen LogP contribution in [-0.2, 0) is 4.74 Å². The third kappa shape index (κ3) is 5.44. The molecule has 1 aliphatic carbocycles. The van der Waals surface area contributed by atoms with Gasteiger partial charge in [0.2, 0.25) is 0 Å². The fraction of sp³-hybridized carbons (Fsp3) is 0.571. The van der Waals surface area contributed by atoms with E-state index < -0.39 is 5.54 Å². The number of aliphatic hydroxyl groups is 1. The number of nitrogens with zero attached hydrogens (tertiary/aromatic N) is 3. The van der Waals surface area contributed by atoms with Gasteiger partial charge in [0.15, 0.2) is 0 Å². The highest BCUT2D eigenvalue weighted by atomic mass is 16.5. The lowest BCUT2D eigenvalue weighted by molar-refractivity contribution is 0.102. The molecule has 2 saturated heterocycles. The van der Waals surface area contributed by atoms with E-state index in [0.29, 0.717) is 22.6 Å². The summed E-state index contributed by atoms with van der Waals surface area (Å²) in [6.07, 6.45) is 4.95. The van der Waals surface area contributed by atoms with Gasteiger partial charge in [-0.25, -0.2) is 4.98 Å². The van der Waals surface area contributed by atoms with E-state index in [1.807, 2.05) is 32.0 Å². The van der Waals surface area contributed by atoms with Crippen molar-refractivity contribution in [3.63, 3.8) is 0 Å². The number of morpholine rings is 1. The quantitative estimate of drug-likeness (QED) is 0.536.